The van der Waals surface area contributed by atoms with Crippen LogP contribution in [0.1, 0.15) is 26.2 Å². The molecule has 2 rings (SSSR count). The third kappa shape index (κ3) is 2.26. The summed E-state index contributed by atoms with van der Waals surface area (Å²) in [5.74, 6) is 0. The van der Waals surface area contributed by atoms with E-state index in [1.54, 1.807) is 0 Å². The molecule has 78 valence electrons. The largest absolute Gasteiger partial charge is 0.312 e. The maximum absolute atomic E-state index is 8.74. The molecule has 0 unspecified atom stereocenters. The summed E-state index contributed by atoms with van der Waals surface area (Å²) in [6.45, 7) is 6.77. The molecule has 1 saturated heterocycles. The highest BCUT2D eigenvalue weighted by Crippen LogP contribution is 2.49. The first-order chi connectivity index (χ1) is 6.74. The Kier molecular flexibility index (Phi) is 2.76. The van der Waals surface area contributed by atoms with Crippen LogP contribution in [0.25, 0.3) is 0 Å². The van der Waals surface area contributed by atoms with Crippen molar-refractivity contribution in [2.75, 3.05) is 26.2 Å². The van der Waals surface area contributed by atoms with Crippen molar-refractivity contribution in [2.45, 2.75) is 32.2 Å². The lowest BCUT2D eigenvalue weighted by Gasteiger charge is -2.34. The third-order valence-electron chi connectivity index (χ3n) is 3.42. The van der Waals surface area contributed by atoms with Crippen molar-refractivity contribution >= 4 is 0 Å². The monoisotopic (exact) mass is 193 g/mol. The van der Waals surface area contributed by atoms with Gasteiger partial charge in [-0.15, -0.1) is 0 Å². The molecule has 1 atom stereocenters. The lowest BCUT2D eigenvalue weighted by Crippen LogP contribution is -2.50. The topological polar surface area (TPSA) is 39.1 Å². The number of hydrogen-bond donors (Lipinski definition) is 1. The van der Waals surface area contributed by atoms with Gasteiger partial charge in [-0.1, -0.05) is 0 Å². The summed E-state index contributed by atoms with van der Waals surface area (Å²) >= 11 is 0. The van der Waals surface area contributed by atoms with Crippen LogP contribution in [0.2, 0.25) is 0 Å². The van der Waals surface area contributed by atoms with Crippen LogP contribution in [0, 0.1) is 16.7 Å². The summed E-state index contributed by atoms with van der Waals surface area (Å²) in [6.07, 6.45) is 3.28. The van der Waals surface area contributed by atoms with Gasteiger partial charge >= 0.3 is 0 Å². The molecule has 14 heavy (non-hydrogen) atoms. The number of nitrogens with zero attached hydrogens (tertiary/aromatic N) is 2. The molecule has 0 radical (unpaired) electrons. The Bertz CT molecular complexity index is 239. The predicted molar refractivity (Wildman–Crippen MR) is 55.8 cm³/mol. The molecule has 0 bridgehead atoms. The van der Waals surface area contributed by atoms with Crippen molar-refractivity contribution in [3.8, 4) is 6.07 Å². The highest BCUT2D eigenvalue weighted by molar-refractivity contribution is 5.01. The molecule has 0 aromatic rings. The van der Waals surface area contributed by atoms with Crippen LogP contribution in [0.4, 0.5) is 0 Å². The van der Waals surface area contributed by atoms with Gasteiger partial charge in [0.25, 0.3) is 0 Å². The van der Waals surface area contributed by atoms with Gasteiger partial charge in [0.05, 0.1) is 6.07 Å². The quantitative estimate of drug-likeness (QED) is 0.726. The van der Waals surface area contributed by atoms with Crippen molar-refractivity contribution < 1.29 is 0 Å². The van der Waals surface area contributed by atoms with Crippen LogP contribution in [-0.4, -0.2) is 37.1 Å². The van der Waals surface area contributed by atoms with E-state index in [-0.39, 0.29) is 0 Å². The van der Waals surface area contributed by atoms with E-state index < -0.39 is 0 Å². The molecule has 3 nitrogen and oxygen atoms in total. The number of rotatable bonds is 3. The summed E-state index contributed by atoms with van der Waals surface area (Å²) in [6, 6.07) is 2.94. The van der Waals surface area contributed by atoms with Gasteiger partial charge in [-0.05, 0) is 25.2 Å². The highest BCUT2D eigenvalue weighted by Gasteiger charge is 2.43. The molecule has 0 aromatic heterocycles. The number of hydrogen-bond acceptors (Lipinski definition) is 3. The minimum absolute atomic E-state index is 0.381. The smallest absolute Gasteiger partial charge is 0.0628 e. The fourth-order valence-corrected chi connectivity index (χ4v) is 2.37. The average molecular weight is 193 g/mol. The van der Waals surface area contributed by atoms with Crippen molar-refractivity contribution in [1.29, 1.82) is 5.26 Å². The number of nitrogens with one attached hydrogen (secondary N) is 1. The lowest BCUT2D eigenvalue weighted by atomic mass is 10.0. The van der Waals surface area contributed by atoms with E-state index in [0.717, 1.165) is 32.6 Å². The third-order valence-corrected chi connectivity index (χ3v) is 3.42. The summed E-state index contributed by atoms with van der Waals surface area (Å²) < 4.78 is 0. The molecular formula is C11H19N3. The molecule has 2 aliphatic rings. The fourth-order valence-electron chi connectivity index (χ4n) is 2.37. The molecular weight excluding hydrogens is 174 g/mol. The van der Waals surface area contributed by atoms with Crippen LogP contribution >= 0.6 is 0 Å². The van der Waals surface area contributed by atoms with Crippen LogP contribution in [-0.2, 0) is 0 Å². The molecule has 1 aliphatic carbocycles. The van der Waals surface area contributed by atoms with Gasteiger partial charge in [0.2, 0.25) is 0 Å². The summed E-state index contributed by atoms with van der Waals surface area (Å²) in [4.78, 5) is 2.52. The molecule has 2 fully saturated rings. The van der Waals surface area contributed by atoms with Gasteiger partial charge in [-0.2, -0.15) is 5.26 Å². The fraction of sp³-hybridized carbons (Fsp3) is 0.909. The SMILES string of the molecule is C[C@H]1CN(CC2(CC#N)CC2)CCN1. The van der Waals surface area contributed by atoms with E-state index in [0.29, 0.717) is 11.5 Å². The minimum atomic E-state index is 0.381. The summed E-state index contributed by atoms with van der Waals surface area (Å²) in [7, 11) is 0. The first kappa shape index (κ1) is 9.95. The van der Waals surface area contributed by atoms with Crippen molar-refractivity contribution in [1.82, 2.24) is 10.2 Å². The van der Waals surface area contributed by atoms with Gasteiger partial charge in [0, 0.05) is 38.6 Å². The maximum Gasteiger partial charge on any atom is 0.0628 e. The van der Waals surface area contributed by atoms with E-state index in [4.69, 9.17) is 5.26 Å². The molecule has 0 spiro atoms. The maximum atomic E-state index is 8.74. The van der Waals surface area contributed by atoms with Crippen LogP contribution in [0.5, 0.6) is 0 Å². The van der Waals surface area contributed by atoms with Gasteiger partial charge < -0.3 is 5.32 Å². The lowest BCUT2D eigenvalue weighted by molar-refractivity contribution is 0.171. The minimum Gasteiger partial charge on any atom is -0.312 e. The van der Waals surface area contributed by atoms with E-state index in [2.05, 4.69) is 23.2 Å². The zero-order chi connectivity index (χ0) is 10.0. The second kappa shape index (κ2) is 3.88. The van der Waals surface area contributed by atoms with Gasteiger partial charge in [-0.25, -0.2) is 0 Å². The molecule has 1 N–H and O–H groups in total. The second-order valence-electron chi connectivity index (χ2n) is 4.93. The zero-order valence-electron chi connectivity index (χ0n) is 8.92. The summed E-state index contributed by atoms with van der Waals surface area (Å²) in [5, 5.41) is 12.2. The first-order valence-corrected chi connectivity index (χ1v) is 5.57. The summed E-state index contributed by atoms with van der Waals surface area (Å²) in [5.41, 5.74) is 0.381. The Balaban J connectivity index is 1.82. The van der Waals surface area contributed by atoms with Crippen LogP contribution in [0.3, 0.4) is 0 Å². The van der Waals surface area contributed by atoms with Crippen molar-refractivity contribution in [3.05, 3.63) is 0 Å². The average Bonchev–Trinajstić information content (AvgIpc) is 2.85. The number of piperazine rings is 1. The highest BCUT2D eigenvalue weighted by atomic mass is 15.2. The van der Waals surface area contributed by atoms with E-state index in [9.17, 15) is 0 Å². The molecule has 0 amide bonds. The van der Waals surface area contributed by atoms with Crippen molar-refractivity contribution in [3.63, 3.8) is 0 Å². The van der Waals surface area contributed by atoms with Crippen molar-refractivity contribution in [2.24, 2.45) is 5.41 Å². The number of nitriles is 1. The van der Waals surface area contributed by atoms with E-state index in [1.807, 2.05) is 0 Å². The Morgan fingerprint density at radius 3 is 2.93 bits per heavy atom. The Labute approximate surface area is 86.1 Å². The van der Waals surface area contributed by atoms with Gasteiger partial charge in [-0.3, -0.25) is 4.90 Å². The van der Waals surface area contributed by atoms with Crippen LogP contribution in [0.15, 0.2) is 0 Å². The zero-order valence-corrected chi connectivity index (χ0v) is 8.92. The Morgan fingerprint density at radius 2 is 2.36 bits per heavy atom. The molecule has 1 heterocycles. The molecule has 1 aliphatic heterocycles. The van der Waals surface area contributed by atoms with E-state index in [1.165, 1.54) is 12.8 Å². The van der Waals surface area contributed by atoms with Gasteiger partial charge in [0.1, 0.15) is 0 Å². The van der Waals surface area contributed by atoms with E-state index >= 15 is 0 Å². The molecule has 1 saturated carbocycles. The standard InChI is InChI=1S/C11H19N3/c1-10-8-14(7-6-13-10)9-11(2-3-11)4-5-12/h10,13H,2-4,6-9H2,1H3/t10-/m0/s1. The Morgan fingerprint density at radius 1 is 1.57 bits per heavy atom. The molecule has 3 heteroatoms. The Hall–Kier alpha value is -0.590. The normalized spacial score (nSPS) is 31.0. The first-order valence-electron chi connectivity index (χ1n) is 5.57. The van der Waals surface area contributed by atoms with Gasteiger partial charge in [0.15, 0.2) is 0 Å². The molecule has 0 aromatic carbocycles. The second-order valence-corrected chi connectivity index (χ2v) is 4.93. The predicted octanol–water partition coefficient (Wildman–Crippen LogP) is 0.974. The van der Waals surface area contributed by atoms with Crippen LogP contribution < -0.4 is 5.32 Å².